The van der Waals surface area contributed by atoms with Gasteiger partial charge in [0.1, 0.15) is 6.04 Å². The molecule has 0 saturated carbocycles. The maximum atomic E-state index is 11.1. The SMILES string of the molecule is NCCCC[C@H](N)C(=O)O.O=S1(=O)Cc2ccc1cc2. The monoisotopic (exact) mass is 300 g/mol. The third-order valence-electron chi connectivity index (χ3n) is 2.93. The number of sulfone groups is 1. The summed E-state index contributed by atoms with van der Waals surface area (Å²) in [5.41, 5.74) is 11.3. The van der Waals surface area contributed by atoms with E-state index >= 15 is 0 Å². The molecule has 7 heteroatoms. The van der Waals surface area contributed by atoms with E-state index in [1.54, 1.807) is 12.1 Å². The Kier molecular flexibility index (Phi) is 6.12. The van der Waals surface area contributed by atoms with Crippen LogP contribution in [-0.4, -0.2) is 32.1 Å². The van der Waals surface area contributed by atoms with Crippen molar-refractivity contribution in [2.45, 2.75) is 36.0 Å². The third kappa shape index (κ3) is 4.92. The normalized spacial score (nSPS) is 16.1. The Morgan fingerprint density at radius 3 is 2.15 bits per heavy atom. The molecular weight excluding hydrogens is 280 g/mol. The number of nitrogens with two attached hydrogens (primary N) is 2. The maximum absolute atomic E-state index is 11.1. The first-order valence-electron chi connectivity index (χ1n) is 6.37. The van der Waals surface area contributed by atoms with Gasteiger partial charge in [0.15, 0.2) is 9.84 Å². The molecular formula is C13H20N2O4S. The van der Waals surface area contributed by atoms with Crippen molar-refractivity contribution in [1.82, 2.24) is 0 Å². The van der Waals surface area contributed by atoms with Gasteiger partial charge in [0.05, 0.1) is 10.6 Å². The Hall–Kier alpha value is -1.44. The van der Waals surface area contributed by atoms with Crippen LogP contribution in [0, 0.1) is 0 Å². The summed E-state index contributed by atoms with van der Waals surface area (Å²) >= 11 is 0. The molecule has 2 heterocycles. The van der Waals surface area contributed by atoms with Gasteiger partial charge >= 0.3 is 5.97 Å². The summed E-state index contributed by atoms with van der Waals surface area (Å²) in [7, 11) is -2.92. The highest BCUT2D eigenvalue weighted by Gasteiger charge is 2.19. The summed E-state index contributed by atoms with van der Waals surface area (Å²) in [5, 5.41) is 8.33. The average Bonchev–Trinajstić information content (AvgIpc) is 2.39. The van der Waals surface area contributed by atoms with Gasteiger partial charge in [-0.05, 0) is 37.1 Å². The second kappa shape index (κ2) is 7.37. The van der Waals surface area contributed by atoms with E-state index in [0.717, 1.165) is 18.4 Å². The van der Waals surface area contributed by atoms with Gasteiger partial charge in [-0.2, -0.15) is 0 Å². The van der Waals surface area contributed by atoms with E-state index in [2.05, 4.69) is 0 Å². The van der Waals surface area contributed by atoms with Gasteiger partial charge in [0.25, 0.3) is 0 Å². The quantitative estimate of drug-likeness (QED) is 0.680. The number of fused-ring (bicyclic) bond motifs is 3. The lowest BCUT2D eigenvalue weighted by molar-refractivity contribution is -0.138. The number of hydrogen-bond acceptors (Lipinski definition) is 5. The van der Waals surface area contributed by atoms with Crippen molar-refractivity contribution < 1.29 is 18.3 Å². The molecule has 0 aromatic heterocycles. The number of carboxylic acids is 1. The van der Waals surface area contributed by atoms with Gasteiger partial charge in [0.2, 0.25) is 0 Å². The fourth-order valence-electron chi connectivity index (χ4n) is 1.73. The predicted molar refractivity (Wildman–Crippen MR) is 75.8 cm³/mol. The number of carbonyl (C=O) groups is 1. The Morgan fingerprint density at radius 1 is 1.25 bits per heavy atom. The fraction of sp³-hybridized carbons (Fsp3) is 0.462. The number of hydrogen-bond donors (Lipinski definition) is 3. The summed E-state index contributed by atoms with van der Waals surface area (Å²) in [4.78, 5) is 10.6. The third-order valence-corrected chi connectivity index (χ3v) is 4.63. The molecule has 0 fully saturated rings. The minimum atomic E-state index is -2.92. The lowest BCUT2D eigenvalue weighted by Crippen LogP contribution is -2.29. The number of unbranched alkanes of at least 4 members (excludes halogenated alkanes) is 1. The topological polar surface area (TPSA) is 123 Å². The average molecular weight is 300 g/mol. The van der Waals surface area contributed by atoms with Crippen LogP contribution in [0.5, 0.6) is 0 Å². The zero-order valence-electron chi connectivity index (χ0n) is 11.2. The number of benzene rings is 1. The van der Waals surface area contributed by atoms with Crippen molar-refractivity contribution in [3.63, 3.8) is 0 Å². The van der Waals surface area contributed by atoms with Crippen molar-refractivity contribution in [2.75, 3.05) is 6.54 Å². The number of aliphatic carboxylic acids is 1. The molecule has 0 radical (unpaired) electrons. The molecule has 2 aliphatic heterocycles. The van der Waals surface area contributed by atoms with Gasteiger partial charge in [-0.25, -0.2) is 8.42 Å². The summed E-state index contributed by atoms with van der Waals surface area (Å²) in [5.74, 6) is -0.743. The van der Waals surface area contributed by atoms with Crippen LogP contribution in [0.25, 0.3) is 0 Å². The summed E-state index contributed by atoms with van der Waals surface area (Å²) in [6.07, 6.45) is 2.16. The van der Waals surface area contributed by atoms with E-state index in [1.807, 2.05) is 12.1 Å². The van der Waals surface area contributed by atoms with Gasteiger partial charge in [0, 0.05) is 0 Å². The summed E-state index contributed by atoms with van der Waals surface area (Å²) in [6, 6.07) is 6.27. The fourth-order valence-corrected chi connectivity index (χ4v) is 3.08. The second-order valence-electron chi connectivity index (χ2n) is 4.63. The van der Waals surface area contributed by atoms with Gasteiger partial charge in [-0.1, -0.05) is 18.6 Å². The molecule has 0 aliphatic carbocycles. The van der Waals surface area contributed by atoms with Crippen LogP contribution in [-0.2, 0) is 20.4 Å². The van der Waals surface area contributed by atoms with Crippen LogP contribution in [0.3, 0.4) is 0 Å². The summed E-state index contributed by atoms with van der Waals surface area (Å²) in [6.45, 7) is 0.604. The lowest BCUT2D eigenvalue weighted by Gasteiger charge is -2.10. The van der Waals surface area contributed by atoms with E-state index in [0.29, 0.717) is 17.9 Å². The van der Waals surface area contributed by atoms with Crippen LogP contribution < -0.4 is 11.5 Å². The van der Waals surface area contributed by atoms with Crippen LogP contribution in [0.4, 0.5) is 0 Å². The highest BCUT2D eigenvalue weighted by molar-refractivity contribution is 7.90. The van der Waals surface area contributed by atoms with Crippen LogP contribution >= 0.6 is 0 Å². The lowest BCUT2D eigenvalue weighted by atomic mass is 10.1. The molecule has 20 heavy (non-hydrogen) atoms. The second-order valence-corrected chi connectivity index (χ2v) is 6.62. The Bertz CT molecular complexity index is 540. The molecule has 0 unspecified atom stereocenters. The first-order chi connectivity index (χ1) is 9.36. The van der Waals surface area contributed by atoms with Crippen LogP contribution in [0.1, 0.15) is 24.8 Å². The Labute approximate surface area is 118 Å². The van der Waals surface area contributed by atoms with Crippen molar-refractivity contribution in [3.05, 3.63) is 29.8 Å². The van der Waals surface area contributed by atoms with Crippen LogP contribution in [0.15, 0.2) is 29.2 Å². The molecule has 0 amide bonds. The molecule has 0 saturated heterocycles. The number of rotatable bonds is 5. The molecule has 6 nitrogen and oxygen atoms in total. The van der Waals surface area contributed by atoms with Gasteiger partial charge in [-0.3, -0.25) is 4.79 Å². The largest absolute Gasteiger partial charge is 0.480 e. The Morgan fingerprint density at radius 2 is 1.85 bits per heavy atom. The molecule has 5 N–H and O–H groups in total. The predicted octanol–water partition coefficient (Wildman–Crippen LogP) is 0.501. The minimum absolute atomic E-state index is 0.190. The van der Waals surface area contributed by atoms with Gasteiger partial charge < -0.3 is 16.6 Å². The number of carboxylic acid groups (broad SMARTS) is 1. The van der Waals surface area contributed by atoms with E-state index in [-0.39, 0.29) is 5.75 Å². The molecule has 1 atom stereocenters. The van der Waals surface area contributed by atoms with Gasteiger partial charge in [-0.15, -0.1) is 0 Å². The molecule has 2 bridgehead atoms. The minimum Gasteiger partial charge on any atom is -0.480 e. The highest BCUT2D eigenvalue weighted by atomic mass is 32.2. The zero-order valence-corrected chi connectivity index (χ0v) is 12.0. The molecule has 2 aliphatic rings. The Balaban J connectivity index is 0.000000200. The molecule has 1 aromatic rings. The molecule has 112 valence electrons. The standard InChI is InChI=1S/C7H6O2S.C6H14N2O2/c8-10(9)5-6-1-3-7(10)4-2-6;7-4-2-1-3-5(8)6(9)10/h1-4H,5H2;5H,1-4,7-8H2,(H,9,10)/t;5-/m.0/s1. The maximum Gasteiger partial charge on any atom is 0.320 e. The summed E-state index contributed by atoms with van der Waals surface area (Å²) < 4.78 is 22.2. The molecule has 3 rings (SSSR count). The first kappa shape index (κ1) is 16.6. The van der Waals surface area contributed by atoms with Crippen molar-refractivity contribution in [3.8, 4) is 0 Å². The van der Waals surface area contributed by atoms with Crippen molar-refractivity contribution in [2.24, 2.45) is 11.5 Å². The zero-order chi connectivity index (χ0) is 15.2. The van der Waals surface area contributed by atoms with E-state index < -0.39 is 21.8 Å². The molecule has 1 aromatic carbocycles. The molecule has 0 spiro atoms. The van der Waals surface area contributed by atoms with E-state index in [1.165, 1.54) is 0 Å². The van der Waals surface area contributed by atoms with Crippen LogP contribution in [0.2, 0.25) is 0 Å². The van der Waals surface area contributed by atoms with Crippen molar-refractivity contribution >= 4 is 15.8 Å². The van der Waals surface area contributed by atoms with E-state index in [9.17, 15) is 13.2 Å². The highest BCUT2D eigenvalue weighted by Crippen LogP contribution is 2.22. The first-order valence-corrected chi connectivity index (χ1v) is 8.02. The smallest absolute Gasteiger partial charge is 0.320 e. The van der Waals surface area contributed by atoms with Crippen molar-refractivity contribution in [1.29, 1.82) is 0 Å². The van der Waals surface area contributed by atoms with E-state index in [4.69, 9.17) is 16.6 Å².